The number of benzene rings is 2. The van der Waals surface area contributed by atoms with Gasteiger partial charge in [-0.3, -0.25) is 14.5 Å². The number of amidine groups is 1. The van der Waals surface area contributed by atoms with Gasteiger partial charge in [-0.15, -0.1) is 0 Å². The molecule has 4 rings (SSSR count). The average Bonchev–Trinajstić information content (AvgIpc) is 3.41. The van der Waals surface area contributed by atoms with E-state index in [2.05, 4.69) is 10.3 Å². The maximum atomic E-state index is 13.0. The molecule has 0 saturated heterocycles. The molecule has 1 aliphatic heterocycles. The van der Waals surface area contributed by atoms with Gasteiger partial charge >= 0.3 is 0 Å². The Morgan fingerprint density at radius 1 is 1.09 bits per heavy atom. The first-order valence-corrected chi connectivity index (χ1v) is 12.1. The van der Waals surface area contributed by atoms with Crippen molar-refractivity contribution in [2.75, 3.05) is 16.0 Å². The number of nitrogens with zero attached hydrogens (tertiary/aromatic N) is 2. The number of hydrogen-bond acceptors (Lipinski definition) is 7. The SMILES string of the molecule is NS(=O)(=O)c1ccc(NC(=O)CSC2=NC(=Cc3ccco3)C(=O)N2c2ccccc2)cc1. The quantitative estimate of drug-likeness (QED) is 0.519. The van der Waals surface area contributed by atoms with Crippen molar-refractivity contribution in [1.82, 2.24) is 0 Å². The highest BCUT2D eigenvalue weighted by Crippen LogP contribution is 2.29. The second-order valence-electron chi connectivity index (χ2n) is 6.82. The number of carbonyl (C=O) groups is 2. The van der Waals surface area contributed by atoms with Crippen LogP contribution < -0.4 is 15.4 Å². The molecule has 11 heteroatoms. The number of aliphatic imine (C=N–C) groups is 1. The maximum Gasteiger partial charge on any atom is 0.283 e. The molecule has 0 spiro atoms. The van der Waals surface area contributed by atoms with E-state index in [1.807, 2.05) is 6.07 Å². The standard InChI is InChI=1S/C22H18N4O5S2/c23-33(29,30)18-10-8-15(9-11-18)24-20(27)14-32-22-25-19(13-17-7-4-12-31-17)21(28)26(22)16-5-2-1-3-6-16/h1-13H,14H2,(H,24,27)(H2,23,29,30). The predicted molar refractivity (Wildman–Crippen MR) is 127 cm³/mol. The van der Waals surface area contributed by atoms with E-state index >= 15 is 0 Å². The first-order valence-electron chi connectivity index (χ1n) is 9.60. The van der Waals surface area contributed by atoms with Gasteiger partial charge in [0.15, 0.2) is 5.17 Å². The summed E-state index contributed by atoms with van der Waals surface area (Å²) in [6.45, 7) is 0. The first-order chi connectivity index (χ1) is 15.8. The van der Waals surface area contributed by atoms with Crippen LogP contribution >= 0.6 is 11.8 Å². The van der Waals surface area contributed by atoms with Crippen LogP contribution in [0.15, 0.2) is 93.0 Å². The summed E-state index contributed by atoms with van der Waals surface area (Å²) < 4.78 is 28.0. The fraction of sp³-hybridized carbons (Fsp3) is 0.0455. The third-order valence-corrected chi connectivity index (χ3v) is 6.33. The fourth-order valence-electron chi connectivity index (χ4n) is 2.96. The summed E-state index contributed by atoms with van der Waals surface area (Å²) in [5.41, 5.74) is 1.22. The molecule has 2 heterocycles. The third kappa shape index (κ3) is 5.40. The molecule has 1 aromatic heterocycles. The molecule has 168 valence electrons. The summed E-state index contributed by atoms with van der Waals surface area (Å²) in [5, 5.41) is 8.10. The number of carbonyl (C=O) groups excluding carboxylic acids is 2. The van der Waals surface area contributed by atoms with Gasteiger partial charge in [0.05, 0.1) is 22.6 Å². The summed E-state index contributed by atoms with van der Waals surface area (Å²) >= 11 is 1.10. The molecule has 0 fully saturated rings. The predicted octanol–water partition coefficient (Wildman–Crippen LogP) is 3.04. The van der Waals surface area contributed by atoms with E-state index in [4.69, 9.17) is 9.56 Å². The van der Waals surface area contributed by atoms with E-state index in [1.165, 1.54) is 35.4 Å². The van der Waals surface area contributed by atoms with Crippen molar-refractivity contribution in [2.24, 2.45) is 10.1 Å². The molecule has 33 heavy (non-hydrogen) atoms. The highest BCUT2D eigenvalue weighted by molar-refractivity contribution is 8.14. The maximum absolute atomic E-state index is 13.0. The molecule has 0 aliphatic carbocycles. The van der Waals surface area contributed by atoms with Crippen molar-refractivity contribution in [3.8, 4) is 0 Å². The van der Waals surface area contributed by atoms with Crippen LogP contribution in [0.4, 0.5) is 11.4 Å². The minimum absolute atomic E-state index is 0.0274. The van der Waals surface area contributed by atoms with Crippen molar-refractivity contribution in [2.45, 2.75) is 4.90 Å². The van der Waals surface area contributed by atoms with Crippen LogP contribution in [0.5, 0.6) is 0 Å². The number of nitrogens with two attached hydrogens (primary N) is 1. The van der Waals surface area contributed by atoms with Gasteiger partial charge in [-0.05, 0) is 48.5 Å². The molecular formula is C22H18N4O5S2. The lowest BCUT2D eigenvalue weighted by Crippen LogP contribution is -2.31. The summed E-state index contributed by atoms with van der Waals surface area (Å²) in [7, 11) is -3.81. The second kappa shape index (κ2) is 9.45. The molecule has 0 saturated carbocycles. The third-order valence-electron chi connectivity index (χ3n) is 4.47. The summed E-state index contributed by atoms with van der Waals surface area (Å²) in [6, 6.07) is 17.9. The Kier molecular flexibility index (Phi) is 6.45. The van der Waals surface area contributed by atoms with Gasteiger partial charge in [0.25, 0.3) is 5.91 Å². The zero-order chi connectivity index (χ0) is 23.4. The van der Waals surface area contributed by atoms with Crippen molar-refractivity contribution in [3.63, 3.8) is 0 Å². The lowest BCUT2D eigenvalue weighted by molar-refractivity contribution is -0.114. The molecular weight excluding hydrogens is 464 g/mol. The van der Waals surface area contributed by atoms with E-state index in [1.54, 1.807) is 42.5 Å². The zero-order valence-electron chi connectivity index (χ0n) is 17.0. The molecule has 0 radical (unpaired) electrons. The number of primary sulfonamides is 1. The van der Waals surface area contributed by atoms with Crippen molar-refractivity contribution >= 4 is 56.2 Å². The van der Waals surface area contributed by atoms with Crippen molar-refractivity contribution in [1.29, 1.82) is 0 Å². The summed E-state index contributed by atoms with van der Waals surface area (Å²) in [4.78, 5) is 31.3. The van der Waals surface area contributed by atoms with Crippen LogP contribution in [0.2, 0.25) is 0 Å². The minimum Gasteiger partial charge on any atom is -0.465 e. The number of anilines is 2. The highest BCUT2D eigenvalue weighted by Gasteiger charge is 2.32. The summed E-state index contributed by atoms with van der Waals surface area (Å²) in [5.74, 6) is -0.225. The number of rotatable bonds is 6. The van der Waals surface area contributed by atoms with Gasteiger partial charge in [0.2, 0.25) is 15.9 Å². The zero-order valence-corrected chi connectivity index (χ0v) is 18.7. The minimum atomic E-state index is -3.81. The topological polar surface area (TPSA) is 135 Å². The number of nitrogens with one attached hydrogen (secondary N) is 1. The monoisotopic (exact) mass is 482 g/mol. The molecule has 2 aromatic carbocycles. The van der Waals surface area contributed by atoms with Crippen molar-refractivity contribution in [3.05, 3.63) is 84.5 Å². The van der Waals surface area contributed by atoms with Crippen LogP contribution in [0.25, 0.3) is 6.08 Å². The normalized spacial score (nSPS) is 15.1. The number of sulfonamides is 1. The fourth-order valence-corrected chi connectivity index (χ4v) is 4.29. The van der Waals surface area contributed by atoms with Crippen LogP contribution in [-0.2, 0) is 19.6 Å². The smallest absolute Gasteiger partial charge is 0.283 e. The van der Waals surface area contributed by atoms with Gasteiger partial charge < -0.3 is 9.73 Å². The van der Waals surface area contributed by atoms with E-state index in [9.17, 15) is 18.0 Å². The average molecular weight is 483 g/mol. The van der Waals surface area contributed by atoms with E-state index in [-0.39, 0.29) is 28.2 Å². The van der Waals surface area contributed by atoms with E-state index < -0.39 is 10.0 Å². The van der Waals surface area contributed by atoms with E-state index in [0.29, 0.717) is 22.3 Å². The Hall–Kier alpha value is -3.67. The molecule has 3 aromatic rings. The Morgan fingerprint density at radius 3 is 2.45 bits per heavy atom. The molecule has 0 bridgehead atoms. The highest BCUT2D eigenvalue weighted by atomic mass is 32.2. The molecule has 0 atom stereocenters. The molecule has 2 amide bonds. The lowest BCUT2D eigenvalue weighted by Gasteiger charge is -2.17. The van der Waals surface area contributed by atoms with Gasteiger partial charge in [-0.2, -0.15) is 0 Å². The van der Waals surface area contributed by atoms with E-state index in [0.717, 1.165) is 11.8 Å². The van der Waals surface area contributed by atoms with Gasteiger partial charge in [-0.1, -0.05) is 30.0 Å². The Morgan fingerprint density at radius 2 is 1.82 bits per heavy atom. The molecule has 1 aliphatic rings. The van der Waals surface area contributed by atoms with Crippen molar-refractivity contribution < 1.29 is 22.4 Å². The largest absolute Gasteiger partial charge is 0.465 e. The summed E-state index contributed by atoms with van der Waals surface area (Å²) in [6.07, 6.45) is 3.04. The Balaban J connectivity index is 1.49. The number of amides is 2. The Bertz CT molecular complexity index is 1330. The molecule has 9 nitrogen and oxygen atoms in total. The van der Waals surface area contributed by atoms with Crippen LogP contribution in [0.3, 0.4) is 0 Å². The molecule has 0 unspecified atom stereocenters. The second-order valence-corrected chi connectivity index (χ2v) is 9.33. The molecule has 3 N–H and O–H groups in total. The lowest BCUT2D eigenvalue weighted by atomic mass is 10.2. The number of hydrogen-bond donors (Lipinski definition) is 2. The van der Waals surface area contributed by atoms with Gasteiger partial charge in [0, 0.05) is 11.8 Å². The number of para-hydroxylation sites is 1. The van der Waals surface area contributed by atoms with Gasteiger partial charge in [-0.25, -0.2) is 18.5 Å². The first kappa shape index (κ1) is 22.5. The number of thioether (sulfide) groups is 1. The van der Waals surface area contributed by atoms with Crippen LogP contribution in [0, 0.1) is 0 Å². The van der Waals surface area contributed by atoms with Crippen LogP contribution in [-0.4, -0.2) is 31.2 Å². The number of furan rings is 1. The van der Waals surface area contributed by atoms with Crippen LogP contribution in [0.1, 0.15) is 5.76 Å². The Labute approximate surface area is 194 Å². The van der Waals surface area contributed by atoms with Gasteiger partial charge in [0.1, 0.15) is 11.5 Å².